The van der Waals surface area contributed by atoms with Crippen LogP contribution < -0.4 is 5.32 Å². The van der Waals surface area contributed by atoms with E-state index in [0.29, 0.717) is 5.56 Å². The summed E-state index contributed by atoms with van der Waals surface area (Å²) in [6, 6.07) is 1.06. The maximum atomic E-state index is 11.4. The minimum absolute atomic E-state index is 0.0830. The number of amides is 1. The van der Waals surface area contributed by atoms with Crippen molar-refractivity contribution in [2.75, 3.05) is 0 Å². The molecule has 1 N–H and O–H groups in total. The first-order chi connectivity index (χ1) is 6.61. The van der Waals surface area contributed by atoms with Crippen molar-refractivity contribution < 1.29 is 9.59 Å². The van der Waals surface area contributed by atoms with Gasteiger partial charge in [-0.1, -0.05) is 0 Å². The third-order valence-corrected chi connectivity index (χ3v) is 1.80. The summed E-state index contributed by atoms with van der Waals surface area (Å²) in [5.41, 5.74) is 0.396. The summed E-state index contributed by atoms with van der Waals surface area (Å²) in [5.74, 6) is -0.400. The molecule has 0 bridgehead atoms. The van der Waals surface area contributed by atoms with Crippen LogP contribution in [0.3, 0.4) is 0 Å². The Morgan fingerprint density at radius 2 is 2.14 bits per heavy atom. The van der Waals surface area contributed by atoms with Crippen LogP contribution in [0.2, 0.25) is 0 Å². The molecule has 0 fully saturated rings. The molecule has 1 aromatic heterocycles. The summed E-state index contributed by atoms with van der Waals surface area (Å²) in [6.07, 6.45) is 2.77. The van der Waals surface area contributed by atoms with Crippen molar-refractivity contribution in [3.63, 3.8) is 0 Å². The van der Waals surface area contributed by atoms with Crippen LogP contribution in [0.15, 0.2) is 18.5 Å². The highest BCUT2D eigenvalue weighted by Crippen LogP contribution is 1.95. The summed E-state index contributed by atoms with van der Waals surface area (Å²) < 4.78 is 0. The zero-order valence-corrected chi connectivity index (χ0v) is 8.02. The molecule has 0 saturated carbocycles. The van der Waals surface area contributed by atoms with E-state index < -0.39 is 6.04 Å². The van der Waals surface area contributed by atoms with E-state index in [0.717, 1.165) is 0 Å². The molecule has 0 spiro atoms. The van der Waals surface area contributed by atoms with E-state index in [9.17, 15) is 9.59 Å². The average molecular weight is 193 g/mol. The first-order valence-electron chi connectivity index (χ1n) is 4.19. The van der Waals surface area contributed by atoms with Gasteiger partial charge in [-0.05, 0) is 19.9 Å². The van der Waals surface area contributed by atoms with E-state index in [-0.39, 0.29) is 11.7 Å². The predicted octanol–water partition coefficient (Wildman–Crippen LogP) is 0.184. The number of carbonyl (C=O) groups excluding carboxylic acids is 2. The number of carbonyl (C=O) groups is 2. The number of rotatable bonds is 3. The van der Waals surface area contributed by atoms with E-state index in [1.165, 1.54) is 25.4 Å². The Kier molecular flexibility index (Phi) is 3.28. The second-order valence-corrected chi connectivity index (χ2v) is 2.94. The number of Topliss-reactive ketones (excluding diaryl/α,β-unsaturated/α-hetero) is 1. The molecule has 0 aliphatic heterocycles. The highest BCUT2D eigenvalue weighted by molar-refractivity contribution is 5.96. The summed E-state index contributed by atoms with van der Waals surface area (Å²) >= 11 is 0. The zero-order chi connectivity index (χ0) is 10.6. The Bertz CT molecular complexity index is 337. The normalized spacial score (nSPS) is 11.9. The van der Waals surface area contributed by atoms with Crippen LogP contribution in [0.4, 0.5) is 0 Å². The van der Waals surface area contributed by atoms with Crippen LogP contribution in [0.25, 0.3) is 0 Å². The maximum absolute atomic E-state index is 11.4. The first kappa shape index (κ1) is 10.3. The van der Waals surface area contributed by atoms with Gasteiger partial charge in [0.25, 0.3) is 5.91 Å². The molecule has 14 heavy (non-hydrogen) atoms. The molecule has 1 aromatic rings. The van der Waals surface area contributed by atoms with Crippen molar-refractivity contribution in [2.24, 2.45) is 0 Å². The van der Waals surface area contributed by atoms with Crippen molar-refractivity contribution >= 4 is 11.7 Å². The Morgan fingerprint density at radius 3 is 2.64 bits per heavy atom. The molecule has 1 unspecified atom stereocenters. The van der Waals surface area contributed by atoms with Crippen molar-refractivity contribution in [3.8, 4) is 0 Å². The molecule has 0 aliphatic carbocycles. The molecule has 1 heterocycles. The number of hydrogen-bond donors (Lipinski definition) is 1. The molecular formula is C9H11N3O2. The predicted molar refractivity (Wildman–Crippen MR) is 49.6 cm³/mol. The van der Waals surface area contributed by atoms with Gasteiger partial charge in [-0.15, -0.1) is 0 Å². The molecule has 1 amide bonds. The fourth-order valence-corrected chi connectivity index (χ4v) is 0.807. The SMILES string of the molecule is CC(=O)C(C)NC(=O)c1ccnnc1. The van der Waals surface area contributed by atoms with Crippen LogP contribution in [-0.2, 0) is 4.79 Å². The number of ketones is 1. The first-order valence-corrected chi connectivity index (χ1v) is 4.19. The largest absolute Gasteiger partial charge is 0.342 e. The lowest BCUT2D eigenvalue weighted by molar-refractivity contribution is -0.118. The van der Waals surface area contributed by atoms with Crippen LogP contribution >= 0.6 is 0 Å². The standard InChI is InChI=1S/C9H11N3O2/c1-6(7(2)13)12-9(14)8-3-4-10-11-5-8/h3-6H,1-2H3,(H,12,14). The lowest BCUT2D eigenvalue weighted by Crippen LogP contribution is -2.37. The summed E-state index contributed by atoms with van der Waals surface area (Å²) in [7, 11) is 0. The maximum Gasteiger partial charge on any atom is 0.253 e. The van der Waals surface area contributed by atoms with E-state index in [4.69, 9.17) is 0 Å². The number of hydrogen-bond acceptors (Lipinski definition) is 4. The average Bonchev–Trinajstić information content (AvgIpc) is 2.19. The molecule has 0 radical (unpaired) electrons. The van der Waals surface area contributed by atoms with Gasteiger partial charge in [0.15, 0.2) is 5.78 Å². The summed E-state index contributed by atoms with van der Waals surface area (Å²) in [4.78, 5) is 22.3. The van der Waals surface area contributed by atoms with Gasteiger partial charge in [0, 0.05) is 0 Å². The van der Waals surface area contributed by atoms with Crippen LogP contribution in [0.5, 0.6) is 0 Å². The quantitative estimate of drug-likeness (QED) is 0.743. The fraction of sp³-hybridized carbons (Fsp3) is 0.333. The summed E-state index contributed by atoms with van der Waals surface area (Å²) in [5, 5.41) is 9.65. The third kappa shape index (κ3) is 2.62. The molecule has 0 aliphatic rings. The second-order valence-electron chi connectivity index (χ2n) is 2.94. The van der Waals surface area contributed by atoms with Gasteiger partial charge in [0.2, 0.25) is 0 Å². The van der Waals surface area contributed by atoms with E-state index >= 15 is 0 Å². The Hall–Kier alpha value is -1.78. The number of nitrogens with one attached hydrogen (secondary N) is 1. The van der Waals surface area contributed by atoms with Gasteiger partial charge in [-0.25, -0.2) is 0 Å². The van der Waals surface area contributed by atoms with Crippen molar-refractivity contribution in [2.45, 2.75) is 19.9 Å². The molecule has 1 atom stereocenters. The smallest absolute Gasteiger partial charge is 0.253 e. The lowest BCUT2D eigenvalue weighted by Gasteiger charge is -2.09. The zero-order valence-electron chi connectivity index (χ0n) is 8.02. The minimum atomic E-state index is -0.476. The van der Waals surface area contributed by atoms with Gasteiger partial charge in [-0.2, -0.15) is 10.2 Å². The van der Waals surface area contributed by atoms with E-state index in [1.54, 1.807) is 6.92 Å². The van der Waals surface area contributed by atoms with Crippen LogP contribution in [0, 0.1) is 0 Å². The van der Waals surface area contributed by atoms with Crippen molar-refractivity contribution in [1.82, 2.24) is 15.5 Å². The monoisotopic (exact) mass is 193 g/mol. The molecule has 0 saturated heterocycles. The van der Waals surface area contributed by atoms with Gasteiger partial charge in [0.05, 0.1) is 24.0 Å². The van der Waals surface area contributed by atoms with Crippen molar-refractivity contribution in [3.05, 3.63) is 24.0 Å². The van der Waals surface area contributed by atoms with Gasteiger partial charge >= 0.3 is 0 Å². The van der Waals surface area contributed by atoms with Crippen LogP contribution in [-0.4, -0.2) is 27.9 Å². The molecule has 5 nitrogen and oxygen atoms in total. The lowest BCUT2D eigenvalue weighted by atomic mass is 10.2. The second kappa shape index (κ2) is 4.45. The molecule has 74 valence electrons. The number of nitrogens with zero attached hydrogens (tertiary/aromatic N) is 2. The number of aromatic nitrogens is 2. The Balaban J connectivity index is 2.64. The molecule has 0 aromatic carbocycles. The topological polar surface area (TPSA) is 72.0 Å². The van der Waals surface area contributed by atoms with Crippen molar-refractivity contribution in [1.29, 1.82) is 0 Å². The molecule has 1 rings (SSSR count). The minimum Gasteiger partial charge on any atom is -0.342 e. The Labute approximate surface area is 81.5 Å². The van der Waals surface area contributed by atoms with Gasteiger partial charge in [-0.3, -0.25) is 9.59 Å². The molecular weight excluding hydrogens is 182 g/mol. The highest BCUT2D eigenvalue weighted by Gasteiger charge is 2.12. The van der Waals surface area contributed by atoms with Crippen LogP contribution in [0.1, 0.15) is 24.2 Å². The highest BCUT2D eigenvalue weighted by atomic mass is 16.2. The van der Waals surface area contributed by atoms with Gasteiger partial charge < -0.3 is 5.32 Å². The third-order valence-electron chi connectivity index (χ3n) is 1.80. The fourth-order valence-electron chi connectivity index (χ4n) is 0.807. The van der Waals surface area contributed by atoms with Gasteiger partial charge in [0.1, 0.15) is 0 Å². The summed E-state index contributed by atoms with van der Waals surface area (Å²) in [6.45, 7) is 3.06. The Morgan fingerprint density at radius 1 is 1.43 bits per heavy atom. The van der Waals surface area contributed by atoms with E-state index in [2.05, 4.69) is 15.5 Å². The molecule has 5 heteroatoms. The van der Waals surface area contributed by atoms with E-state index in [1.807, 2.05) is 0 Å².